The number of rotatable bonds is 6. The van der Waals surface area contributed by atoms with E-state index in [2.05, 4.69) is 5.32 Å². The summed E-state index contributed by atoms with van der Waals surface area (Å²) in [4.78, 5) is 11.6. The number of anilines is 1. The van der Waals surface area contributed by atoms with Gasteiger partial charge in [0, 0.05) is 26.7 Å². The number of carbonyl (C=O) groups excluding carboxylic acids is 1. The van der Waals surface area contributed by atoms with E-state index in [4.69, 9.17) is 10.5 Å². The summed E-state index contributed by atoms with van der Waals surface area (Å²) in [7, 11) is 1.58. The molecule has 0 bridgehead atoms. The summed E-state index contributed by atoms with van der Waals surface area (Å²) in [6.07, 6.45) is 0.298. The summed E-state index contributed by atoms with van der Waals surface area (Å²) in [5.74, 6) is -0.592. The SMILES string of the molecule is COCC(C)CC(=O)Nc1ccc(CN)cc1F. The Labute approximate surface area is 106 Å². The Morgan fingerprint density at radius 1 is 1.56 bits per heavy atom. The first-order chi connectivity index (χ1) is 8.56. The maximum absolute atomic E-state index is 13.6. The molecule has 0 saturated heterocycles. The second-order valence-electron chi connectivity index (χ2n) is 4.33. The van der Waals surface area contributed by atoms with Crippen LogP contribution in [0.3, 0.4) is 0 Å². The Hall–Kier alpha value is -1.46. The molecule has 1 amide bonds. The molecule has 3 N–H and O–H groups in total. The number of hydrogen-bond donors (Lipinski definition) is 2. The van der Waals surface area contributed by atoms with E-state index in [1.54, 1.807) is 13.2 Å². The van der Waals surface area contributed by atoms with Gasteiger partial charge in [0.25, 0.3) is 0 Å². The molecule has 1 aromatic carbocycles. The Morgan fingerprint density at radius 2 is 2.28 bits per heavy atom. The molecule has 0 aromatic heterocycles. The quantitative estimate of drug-likeness (QED) is 0.815. The van der Waals surface area contributed by atoms with Gasteiger partial charge in [-0.3, -0.25) is 4.79 Å². The molecule has 0 radical (unpaired) electrons. The average molecular weight is 254 g/mol. The minimum Gasteiger partial charge on any atom is -0.384 e. The van der Waals surface area contributed by atoms with Gasteiger partial charge in [-0.25, -0.2) is 4.39 Å². The molecule has 4 nitrogen and oxygen atoms in total. The van der Waals surface area contributed by atoms with Crippen LogP contribution in [0.5, 0.6) is 0 Å². The summed E-state index contributed by atoms with van der Waals surface area (Å²) in [6, 6.07) is 4.54. The molecule has 100 valence electrons. The molecule has 18 heavy (non-hydrogen) atoms. The highest BCUT2D eigenvalue weighted by Crippen LogP contribution is 2.16. The predicted molar refractivity (Wildman–Crippen MR) is 68.6 cm³/mol. The number of halogens is 1. The Morgan fingerprint density at radius 3 is 2.83 bits per heavy atom. The van der Waals surface area contributed by atoms with Crippen molar-refractivity contribution in [1.29, 1.82) is 0 Å². The summed E-state index contributed by atoms with van der Waals surface area (Å²) in [6.45, 7) is 2.68. The van der Waals surface area contributed by atoms with Crippen molar-refractivity contribution in [2.75, 3.05) is 19.0 Å². The van der Waals surface area contributed by atoms with Gasteiger partial charge in [0.2, 0.25) is 5.91 Å². The standard InChI is InChI=1S/C13H19FN2O2/c1-9(8-18-2)5-13(17)16-12-4-3-10(7-15)6-11(12)14/h3-4,6,9H,5,7-8,15H2,1-2H3,(H,16,17). The number of benzene rings is 1. The maximum atomic E-state index is 13.6. The van der Waals surface area contributed by atoms with Crippen LogP contribution in [-0.2, 0) is 16.1 Å². The number of nitrogens with one attached hydrogen (secondary N) is 1. The minimum absolute atomic E-state index is 0.0985. The Balaban J connectivity index is 2.59. The Bertz CT molecular complexity index is 410. The van der Waals surface area contributed by atoms with Crippen LogP contribution in [-0.4, -0.2) is 19.6 Å². The topological polar surface area (TPSA) is 64.3 Å². The van der Waals surface area contributed by atoms with E-state index in [9.17, 15) is 9.18 Å². The highest BCUT2D eigenvalue weighted by molar-refractivity contribution is 5.90. The molecule has 1 atom stereocenters. The molecule has 0 saturated carbocycles. The van der Waals surface area contributed by atoms with Crippen LogP contribution in [0.25, 0.3) is 0 Å². The van der Waals surface area contributed by atoms with Gasteiger partial charge < -0.3 is 15.8 Å². The molecule has 0 aliphatic rings. The summed E-state index contributed by atoms with van der Waals surface area (Å²) in [5.41, 5.74) is 6.28. The van der Waals surface area contributed by atoms with E-state index in [0.29, 0.717) is 18.6 Å². The number of hydrogen-bond acceptors (Lipinski definition) is 3. The van der Waals surface area contributed by atoms with Gasteiger partial charge in [-0.2, -0.15) is 0 Å². The summed E-state index contributed by atoms with van der Waals surface area (Å²) >= 11 is 0. The van der Waals surface area contributed by atoms with Gasteiger partial charge >= 0.3 is 0 Å². The zero-order chi connectivity index (χ0) is 13.5. The van der Waals surface area contributed by atoms with E-state index < -0.39 is 5.82 Å². The highest BCUT2D eigenvalue weighted by atomic mass is 19.1. The van der Waals surface area contributed by atoms with Crippen molar-refractivity contribution < 1.29 is 13.9 Å². The molecule has 0 heterocycles. The molecule has 0 aliphatic carbocycles. The van der Waals surface area contributed by atoms with E-state index in [0.717, 1.165) is 0 Å². The smallest absolute Gasteiger partial charge is 0.224 e. The number of carbonyl (C=O) groups is 1. The lowest BCUT2D eigenvalue weighted by Crippen LogP contribution is -2.18. The van der Waals surface area contributed by atoms with Crippen molar-refractivity contribution in [3.8, 4) is 0 Å². The monoisotopic (exact) mass is 254 g/mol. The van der Waals surface area contributed by atoms with Crippen molar-refractivity contribution in [2.24, 2.45) is 11.7 Å². The van der Waals surface area contributed by atoms with Crippen LogP contribution in [0.4, 0.5) is 10.1 Å². The van der Waals surface area contributed by atoms with E-state index >= 15 is 0 Å². The summed E-state index contributed by atoms with van der Waals surface area (Å²) in [5, 5.41) is 2.54. The van der Waals surface area contributed by atoms with Crippen molar-refractivity contribution >= 4 is 11.6 Å². The van der Waals surface area contributed by atoms with Gasteiger partial charge in [0.15, 0.2) is 0 Å². The maximum Gasteiger partial charge on any atom is 0.224 e. The predicted octanol–water partition coefficient (Wildman–Crippen LogP) is 1.90. The molecule has 0 spiro atoms. The van der Waals surface area contributed by atoms with Crippen LogP contribution < -0.4 is 11.1 Å². The molecule has 0 aliphatic heterocycles. The largest absolute Gasteiger partial charge is 0.384 e. The highest BCUT2D eigenvalue weighted by Gasteiger charge is 2.11. The van der Waals surface area contributed by atoms with E-state index in [1.165, 1.54) is 12.1 Å². The Kier molecular flexibility index (Phi) is 5.74. The third kappa shape index (κ3) is 4.43. The second-order valence-corrected chi connectivity index (χ2v) is 4.33. The van der Waals surface area contributed by atoms with Crippen LogP contribution in [0, 0.1) is 11.7 Å². The zero-order valence-electron chi connectivity index (χ0n) is 10.7. The number of nitrogens with two attached hydrogens (primary N) is 1. The van der Waals surface area contributed by atoms with E-state index in [1.807, 2.05) is 6.92 Å². The van der Waals surface area contributed by atoms with Gasteiger partial charge in [0.05, 0.1) is 5.69 Å². The lowest BCUT2D eigenvalue weighted by atomic mass is 10.1. The van der Waals surface area contributed by atoms with Crippen molar-refractivity contribution in [3.63, 3.8) is 0 Å². The van der Waals surface area contributed by atoms with E-state index in [-0.39, 0.29) is 24.1 Å². The molecule has 5 heteroatoms. The van der Waals surface area contributed by atoms with Crippen molar-refractivity contribution in [3.05, 3.63) is 29.6 Å². The molecular formula is C13H19FN2O2. The fourth-order valence-electron chi connectivity index (χ4n) is 1.65. The fraction of sp³-hybridized carbons (Fsp3) is 0.462. The number of ether oxygens (including phenoxy) is 1. The normalized spacial score (nSPS) is 12.2. The lowest BCUT2D eigenvalue weighted by Gasteiger charge is -2.11. The van der Waals surface area contributed by atoms with Crippen LogP contribution in [0.15, 0.2) is 18.2 Å². The van der Waals surface area contributed by atoms with Crippen LogP contribution in [0.2, 0.25) is 0 Å². The van der Waals surface area contributed by atoms with Gasteiger partial charge in [0.1, 0.15) is 5.82 Å². The third-order valence-corrected chi connectivity index (χ3v) is 2.53. The third-order valence-electron chi connectivity index (χ3n) is 2.53. The average Bonchev–Trinajstić information content (AvgIpc) is 2.31. The molecule has 1 aromatic rings. The zero-order valence-corrected chi connectivity index (χ0v) is 10.7. The van der Waals surface area contributed by atoms with Gasteiger partial charge in [-0.1, -0.05) is 13.0 Å². The lowest BCUT2D eigenvalue weighted by molar-refractivity contribution is -0.117. The second kappa shape index (κ2) is 7.08. The van der Waals surface area contributed by atoms with Crippen molar-refractivity contribution in [2.45, 2.75) is 19.9 Å². The number of amides is 1. The van der Waals surface area contributed by atoms with Gasteiger partial charge in [-0.15, -0.1) is 0 Å². The first kappa shape index (κ1) is 14.6. The van der Waals surface area contributed by atoms with Gasteiger partial charge in [-0.05, 0) is 23.6 Å². The minimum atomic E-state index is -0.467. The molecule has 0 fully saturated rings. The van der Waals surface area contributed by atoms with Crippen LogP contribution >= 0.6 is 0 Å². The van der Waals surface area contributed by atoms with Crippen LogP contribution in [0.1, 0.15) is 18.9 Å². The number of methoxy groups -OCH3 is 1. The molecule has 1 unspecified atom stereocenters. The first-order valence-corrected chi connectivity index (χ1v) is 5.84. The molecule has 1 rings (SSSR count). The molecular weight excluding hydrogens is 235 g/mol. The van der Waals surface area contributed by atoms with Crippen molar-refractivity contribution in [1.82, 2.24) is 0 Å². The fourth-order valence-corrected chi connectivity index (χ4v) is 1.65. The first-order valence-electron chi connectivity index (χ1n) is 5.84. The summed E-state index contributed by atoms with van der Waals surface area (Å²) < 4.78 is 18.5.